The van der Waals surface area contributed by atoms with Gasteiger partial charge in [-0.3, -0.25) is 0 Å². The molecule has 1 heterocycles. The largest absolute Gasteiger partial charge is 0.396 e. The summed E-state index contributed by atoms with van der Waals surface area (Å²) in [5.74, 6) is 0. The van der Waals surface area contributed by atoms with Crippen molar-refractivity contribution < 1.29 is 0 Å². The number of anilines is 1. The molecule has 1 aromatic carbocycles. The van der Waals surface area contributed by atoms with E-state index in [4.69, 9.17) is 17.3 Å². The summed E-state index contributed by atoms with van der Waals surface area (Å²) in [6, 6.07) is 9.70. The van der Waals surface area contributed by atoms with Crippen molar-refractivity contribution in [2.75, 3.05) is 5.73 Å². The highest BCUT2D eigenvalue weighted by atomic mass is 35.5. The lowest BCUT2D eigenvalue weighted by Gasteiger charge is -2.04. The van der Waals surface area contributed by atoms with Gasteiger partial charge in [-0.2, -0.15) is 5.10 Å². The molecule has 0 saturated carbocycles. The lowest BCUT2D eigenvalue weighted by molar-refractivity contribution is 1.04. The Hall–Kier alpha value is -1.61. The molecule has 4 heteroatoms. The van der Waals surface area contributed by atoms with E-state index in [0.29, 0.717) is 5.69 Å². The predicted octanol–water partition coefficient (Wildman–Crippen LogP) is 2.38. The van der Waals surface area contributed by atoms with Crippen LogP contribution >= 0.6 is 11.6 Å². The molecule has 2 N–H and O–H groups in total. The van der Waals surface area contributed by atoms with Crippen LogP contribution in [0.1, 0.15) is 0 Å². The second kappa shape index (κ2) is 3.64. The number of halogens is 1. The molecule has 0 aliphatic carbocycles. The highest BCUT2D eigenvalue weighted by Crippen LogP contribution is 2.28. The van der Waals surface area contributed by atoms with Gasteiger partial charge in [0.1, 0.15) is 0 Å². The van der Waals surface area contributed by atoms with E-state index in [2.05, 4.69) is 10.2 Å². The second-order valence-corrected chi connectivity index (χ2v) is 3.19. The van der Waals surface area contributed by atoms with Crippen molar-refractivity contribution in [3.8, 4) is 11.1 Å². The van der Waals surface area contributed by atoms with E-state index >= 15 is 0 Å². The van der Waals surface area contributed by atoms with Crippen LogP contribution in [0, 0.1) is 0 Å². The van der Waals surface area contributed by atoms with Gasteiger partial charge in [0.25, 0.3) is 0 Å². The van der Waals surface area contributed by atoms with Gasteiger partial charge in [-0.05, 0) is 5.56 Å². The first-order valence-electron chi connectivity index (χ1n) is 4.11. The Morgan fingerprint density at radius 1 is 1.14 bits per heavy atom. The van der Waals surface area contributed by atoms with Crippen LogP contribution in [-0.4, -0.2) is 10.2 Å². The van der Waals surface area contributed by atoms with Crippen LogP contribution < -0.4 is 5.73 Å². The molecule has 14 heavy (non-hydrogen) atoms. The fraction of sp³-hybridized carbons (Fsp3) is 0. The zero-order valence-corrected chi connectivity index (χ0v) is 8.07. The van der Waals surface area contributed by atoms with Crippen LogP contribution in [0.5, 0.6) is 0 Å². The molecule has 0 fully saturated rings. The number of nitrogens with zero attached hydrogens (tertiary/aromatic N) is 2. The molecule has 2 rings (SSSR count). The Balaban J connectivity index is 2.58. The lowest BCUT2D eigenvalue weighted by Crippen LogP contribution is -1.95. The first kappa shape index (κ1) is 8.97. The summed E-state index contributed by atoms with van der Waals surface area (Å²) in [6.45, 7) is 0. The Bertz CT molecular complexity index is 442. The van der Waals surface area contributed by atoms with Crippen LogP contribution in [-0.2, 0) is 0 Å². The maximum atomic E-state index is 5.78. The van der Waals surface area contributed by atoms with E-state index in [1.54, 1.807) is 6.20 Å². The molecule has 0 unspecified atom stereocenters. The van der Waals surface area contributed by atoms with Gasteiger partial charge in [0.05, 0.1) is 11.9 Å². The summed E-state index contributed by atoms with van der Waals surface area (Å²) in [6.07, 6.45) is 1.61. The topological polar surface area (TPSA) is 51.8 Å². The molecule has 0 radical (unpaired) electrons. The summed E-state index contributed by atoms with van der Waals surface area (Å²) >= 11 is 5.77. The maximum absolute atomic E-state index is 5.78. The van der Waals surface area contributed by atoms with E-state index < -0.39 is 0 Å². The molecule has 1 aromatic heterocycles. The van der Waals surface area contributed by atoms with Crippen molar-refractivity contribution in [2.45, 2.75) is 0 Å². The summed E-state index contributed by atoms with van der Waals surface area (Å²) in [5, 5.41) is 7.66. The number of benzene rings is 1. The van der Waals surface area contributed by atoms with Gasteiger partial charge < -0.3 is 5.73 Å². The molecule has 3 nitrogen and oxygen atoms in total. The first-order valence-corrected chi connectivity index (χ1v) is 4.49. The average Bonchev–Trinajstić information content (AvgIpc) is 2.23. The molecule has 2 aromatic rings. The Kier molecular flexibility index (Phi) is 2.33. The molecule has 70 valence electrons. The van der Waals surface area contributed by atoms with Crippen molar-refractivity contribution in [3.05, 3.63) is 41.7 Å². The first-order chi connectivity index (χ1) is 6.79. The number of nitrogens with two attached hydrogens (primary N) is 1. The van der Waals surface area contributed by atoms with Gasteiger partial charge >= 0.3 is 0 Å². The lowest BCUT2D eigenvalue weighted by atomic mass is 10.1. The Labute approximate surface area is 86.5 Å². The number of nitrogen functional groups attached to an aromatic ring is 1. The molecule has 0 aliphatic rings. The van der Waals surface area contributed by atoms with Crippen molar-refractivity contribution in [1.82, 2.24) is 10.2 Å². The number of aromatic nitrogens is 2. The van der Waals surface area contributed by atoms with E-state index in [9.17, 15) is 0 Å². The van der Waals surface area contributed by atoms with Gasteiger partial charge in [-0.1, -0.05) is 41.9 Å². The quantitative estimate of drug-likeness (QED) is 0.778. The molecule has 0 aliphatic heterocycles. The minimum atomic E-state index is 0.242. The monoisotopic (exact) mass is 205 g/mol. The highest BCUT2D eigenvalue weighted by molar-refractivity contribution is 6.32. The SMILES string of the molecule is Nc1c(-c2ccccc2)cnnc1Cl. The third kappa shape index (κ3) is 1.54. The fourth-order valence-electron chi connectivity index (χ4n) is 1.22. The van der Waals surface area contributed by atoms with Crippen molar-refractivity contribution >= 4 is 17.3 Å². The number of hydrogen-bond donors (Lipinski definition) is 1. The van der Waals surface area contributed by atoms with E-state index in [1.165, 1.54) is 0 Å². The third-order valence-corrected chi connectivity index (χ3v) is 2.21. The standard InChI is InChI=1S/C10H8ClN3/c11-10-9(12)8(6-13-14-10)7-4-2-1-3-5-7/h1-6H,(H2,12,13). The molecule has 0 spiro atoms. The second-order valence-electron chi connectivity index (χ2n) is 2.83. The summed E-state index contributed by atoms with van der Waals surface area (Å²) in [7, 11) is 0. The molecule has 0 saturated heterocycles. The summed E-state index contributed by atoms with van der Waals surface area (Å²) < 4.78 is 0. The molecular formula is C10H8ClN3. The van der Waals surface area contributed by atoms with Gasteiger partial charge in [0.2, 0.25) is 0 Å². The van der Waals surface area contributed by atoms with E-state index in [1.807, 2.05) is 30.3 Å². The number of rotatable bonds is 1. The van der Waals surface area contributed by atoms with E-state index in [-0.39, 0.29) is 5.15 Å². The van der Waals surface area contributed by atoms with Crippen LogP contribution in [0.15, 0.2) is 36.5 Å². The Morgan fingerprint density at radius 3 is 2.57 bits per heavy atom. The van der Waals surface area contributed by atoms with Crippen molar-refractivity contribution in [1.29, 1.82) is 0 Å². The molecule has 0 atom stereocenters. The average molecular weight is 206 g/mol. The van der Waals surface area contributed by atoms with Gasteiger partial charge in [0, 0.05) is 5.56 Å². The third-order valence-electron chi connectivity index (χ3n) is 1.93. The van der Waals surface area contributed by atoms with Crippen molar-refractivity contribution in [2.24, 2.45) is 0 Å². The fourth-order valence-corrected chi connectivity index (χ4v) is 1.37. The van der Waals surface area contributed by atoms with Gasteiger partial charge in [-0.15, -0.1) is 5.10 Å². The predicted molar refractivity (Wildman–Crippen MR) is 56.9 cm³/mol. The minimum Gasteiger partial charge on any atom is -0.396 e. The zero-order chi connectivity index (χ0) is 9.97. The van der Waals surface area contributed by atoms with Crippen LogP contribution in [0.3, 0.4) is 0 Å². The smallest absolute Gasteiger partial charge is 0.175 e. The highest BCUT2D eigenvalue weighted by Gasteiger charge is 2.06. The van der Waals surface area contributed by atoms with Crippen LogP contribution in [0.4, 0.5) is 5.69 Å². The summed E-state index contributed by atoms with van der Waals surface area (Å²) in [5.41, 5.74) is 8.04. The minimum absolute atomic E-state index is 0.242. The zero-order valence-electron chi connectivity index (χ0n) is 7.31. The van der Waals surface area contributed by atoms with Crippen molar-refractivity contribution in [3.63, 3.8) is 0 Å². The molecule has 0 amide bonds. The normalized spacial score (nSPS) is 10.1. The van der Waals surface area contributed by atoms with Crippen LogP contribution in [0.2, 0.25) is 5.15 Å². The molecule has 0 bridgehead atoms. The molecular weight excluding hydrogens is 198 g/mol. The van der Waals surface area contributed by atoms with Crippen LogP contribution in [0.25, 0.3) is 11.1 Å². The van der Waals surface area contributed by atoms with E-state index in [0.717, 1.165) is 11.1 Å². The van der Waals surface area contributed by atoms with Gasteiger partial charge in [0.15, 0.2) is 5.15 Å². The Morgan fingerprint density at radius 2 is 1.86 bits per heavy atom. The van der Waals surface area contributed by atoms with Gasteiger partial charge in [-0.25, -0.2) is 0 Å². The maximum Gasteiger partial charge on any atom is 0.175 e. The summed E-state index contributed by atoms with van der Waals surface area (Å²) in [4.78, 5) is 0. The number of hydrogen-bond acceptors (Lipinski definition) is 3.